The first kappa shape index (κ1) is 13.7. The second-order valence-corrected chi connectivity index (χ2v) is 6.79. The number of fused-ring (bicyclic) bond motifs is 1. The van der Waals surface area contributed by atoms with Gasteiger partial charge in [-0.1, -0.05) is 13.0 Å². The maximum Gasteiger partial charge on any atom is 0.123 e. The van der Waals surface area contributed by atoms with Crippen LogP contribution in [0.5, 0.6) is 0 Å². The maximum atomic E-state index is 13.1. The van der Waals surface area contributed by atoms with Gasteiger partial charge in [0, 0.05) is 28.3 Å². The molecule has 1 aromatic carbocycles. The minimum absolute atomic E-state index is 0.149. The first-order valence-corrected chi connectivity index (χ1v) is 8.04. The van der Waals surface area contributed by atoms with Gasteiger partial charge in [-0.25, -0.2) is 4.39 Å². The predicted molar refractivity (Wildman–Crippen MR) is 73.6 cm³/mol. The Morgan fingerprint density at radius 3 is 3.06 bits per heavy atom. The van der Waals surface area contributed by atoms with Gasteiger partial charge in [0.15, 0.2) is 0 Å². The number of nitrogens with one attached hydrogen (secondary N) is 1. The lowest BCUT2D eigenvalue weighted by atomic mass is 10.1. The van der Waals surface area contributed by atoms with Crippen molar-refractivity contribution in [3.8, 4) is 0 Å². The second-order valence-electron chi connectivity index (χ2n) is 4.99. The van der Waals surface area contributed by atoms with Crippen LogP contribution >= 0.6 is 0 Å². The fourth-order valence-corrected chi connectivity index (χ4v) is 2.87. The molecule has 0 bridgehead atoms. The summed E-state index contributed by atoms with van der Waals surface area (Å²) in [6.45, 7) is 2.87. The molecule has 0 saturated carbocycles. The Kier molecular flexibility index (Phi) is 4.51. The average Bonchev–Trinajstić information content (AvgIpc) is 2.71. The standard InChI is InChI=1S/C14H20FNOS/c1-10(18(2)17)7-8-16-14-6-3-11-9-12(15)4-5-13(11)14/h4-5,9-10,14,16H,3,6-8H2,1-2H3. The van der Waals surface area contributed by atoms with E-state index in [2.05, 4.69) is 5.32 Å². The highest BCUT2D eigenvalue weighted by Gasteiger charge is 2.22. The summed E-state index contributed by atoms with van der Waals surface area (Å²) >= 11 is 0. The van der Waals surface area contributed by atoms with Gasteiger partial charge >= 0.3 is 0 Å². The molecule has 1 aromatic rings. The highest BCUT2D eigenvalue weighted by atomic mass is 32.2. The van der Waals surface area contributed by atoms with E-state index in [4.69, 9.17) is 0 Å². The van der Waals surface area contributed by atoms with Gasteiger partial charge < -0.3 is 5.32 Å². The van der Waals surface area contributed by atoms with E-state index >= 15 is 0 Å². The van der Waals surface area contributed by atoms with Crippen LogP contribution in [-0.4, -0.2) is 22.3 Å². The Morgan fingerprint density at radius 2 is 2.33 bits per heavy atom. The molecule has 2 rings (SSSR count). The molecule has 100 valence electrons. The zero-order valence-corrected chi connectivity index (χ0v) is 11.7. The highest BCUT2D eigenvalue weighted by molar-refractivity contribution is 7.84. The van der Waals surface area contributed by atoms with E-state index in [1.807, 2.05) is 13.0 Å². The van der Waals surface area contributed by atoms with E-state index < -0.39 is 10.8 Å². The SMILES string of the molecule is CC(CCNC1CCc2cc(F)ccc21)S(C)=O. The van der Waals surface area contributed by atoms with Crippen molar-refractivity contribution in [2.75, 3.05) is 12.8 Å². The van der Waals surface area contributed by atoms with Crippen LogP contribution in [0.4, 0.5) is 4.39 Å². The molecular formula is C14H20FNOS. The first-order valence-electron chi connectivity index (χ1n) is 6.42. The molecule has 0 heterocycles. The molecule has 0 aliphatic heterocycles. The molecule has 1 aliphatic rings. The van der Waals surface area contributed by atoms with Gasteiger partial charge in [0.05, 0.1) is 0 Å². The zero-order valence-electron chi connectivity index (χ0n) is 10.9. The van der Waals surface area contributed by atoms with E-state index in [0.717, 1.165) is 31.4 Å². The van der Waals surface area contributed by atoms with Gasteiger partial charge in [0.25, 0.3) is 0 Å². The zero-order chi connectivity index (χ0) is 13.1. The van der Waals surface area contributed by atoms with Crippen LogP contribution in [0.1, 0.15) is 36.9 Å². The quantitative estimate of drug-likeness (QED) is 0.890. The van der Waals surface area contributed by atoms with Gasteiger partial charge in [-0.05, 0) is 49.1 Å². The predicted octanol–water partition coefficient (Wildman–Crippen LogP) is 2.56. The Morgan fingerprint density at radius 1 is 1.56 bits per heavy atom. The smallest absolute Gasteiger partial charge is 0.123 e. The molecule has 0 fully saturated rings. The number of benzene rings is 1. The molecule has 0 saturated heterocycles. The molecule has 0 aromatic heterocycles. The average molecular weight is 269 g/mol. The van der Waals surface area contributed by atoms with Crippen molar-refractivity contribution in [1.82, 2.24) is 5.32 Å². The third-order valence-corrected chi connectivity index (χ3v) is 5.06. The third-order valence-electron chi connectivity index (χ3n) is 3.69. The summed E-state index contributed by atoms with van der Waals surface area (Å²) in [6, 6.07) is 5.39. The molecule has 3 atom stereocenters. The molecule has 18 heavy (non-hydrogen) atoms. The van der Waals surface area contributed by atoms with E-state index in [-0.39, 0.29) is 11.1 Å². The van der Waals surface area contributed by atoms with Crippen molar-refractivity contribution in [3.63, 3.8) is 0 Å². The van der Waals surface area contributed by atoms with Crippen LogP contribution in [0.15, 0.2) is 18.2 Å². The molecule has 3 unspecified atom stereocenters. The number of hydrogen-bond donors (Lipinski definition) is 1. The van der Waals surface area contributed by atoms with Gasteiger partial charge in [-0.3, -0.25) is 4.21 Å². The van der Waals surface area contributed by atoms with Crippen molar-refractivity contribution >= 4 is 10.8 Å². The van der Waals surface area contributed by atoms with Gasteiger partial charge in [-0.15, -0.1) is 0 Å². The largest absolute Gasteiger partial charge is 0.310 e. The van der Waals surface area contributed by atoms with Crippen molar-refractivity contribution in [2.24, 2.45) is 0 Å². The molecule has 1 N–H and O–H groups in total. The van der Waals surface area contributed by atoms with Crippen molar-refractivity contribution < 1.29 is 8.60 Å². The Bertz CT molecular complexity index is 449. The molecule has 4 heteroatoms. The molecule has 1 aliphatic carbocycles. The summed E-state index contributed by atoms with van der Waals surface area (Å²) in [5, 5.41) is 3.71. The first-order chi connectivity index (χ1) is 8.58. The van der Waals surface area contributed by atoms with Crippen LogP contribution in [0, 0.1) is 5.82 Å². The van der Waals surface area contributed by atoms with E-state index in [0.29, 0.717) is 6.04 Å². The van der Waals surface area contributed by atoms with E-state index in [1.54, 1.807) is 12.3 Å². The summed E-state index contributed by atoms with van der Waals surface area (Å²) in [6.07, 6.45) is 4.64. The van der Waals surface area contributed by atoms with Crippen LogP contribution in [-0.2, 0) is 17.2 Å². The topological polar surface area (TPSA) is 29.1 Å². The summed E-state index contributed by atoms with van der Waals surface area (Å²) in [5.74, 6) is -0.149. The van der Waals surface area contributed by atoms with E-state index in [1.165, 1.54) is 11.6 Å². The number of hydrogen-bond acceptors (Lipinski definition) is 2. The van der Waals surface area contributed by atoms with Gasteiger partial charge in [-0.2, -0.15) is 0 Å². The Hall–Kier alpha value is -0.740. The molecule has 0 spiro atoms. The monoisotopic (exact) mass is 269 g/mol. The Balaban J connectivity index is 1.88. The second kappa shape index (κ2) is 5.93. The minimum Gasteiger partial charge on any atom is -0.310 e. The summed E-state index contributed by atoms with van der Waals surface area (Å²) in [5.41, 5.74) is 2.35. The van der Waals surface area contributed by atoms with Gasteiger partial charge in [0.1, 0.15) is 5.82 Å². The normalized spacial score (nSPS) is 21.6. The van der Waals surface area contributed by atoms with Crippen molar-refractivity contribution in [2.45, 2.75) is 37.5 Å². The number of rotatable bonds is 5. The number of halogens is 1. The van der Waals surface area contributed by atoms with Gasteiger partial charge in [0.2, 0.25) is 0 Å². The lowest BCUT2D eigenvalue weighted by Gasteiger charge is -2.15. The van der Waals surface area contributed by atoms with Crippen molar-refractivity contribution in [1.29, 1.82) is 0 Å². The van der Waals surface area contributed by atoms with E-state index in [9.17, 15) is 8.60 Å². The van der Waals surface area contributed by atoms with Crippen LogP contribution in [0.25, 0.3) is 0 Å². The Labute approximate surface area is 110 Å². The third kappa shape index (κ3) is 3.18. The van der Waals surface area contributed by atoms with Crippen LogP contribution in [0.3, 0.4) is 0 Å². The van der Waals surface area contributed by atoms with Crippen molar-refractivity contribution in [3.05, 3.63) is 35.1 Å². The van der Waals surface area contributed by atoms with Crippen LogP contribution < -0.4 is 5.32 Å². The van der Waals surface area contributed by atoms with Crippen LogP contribution in [0.2, 0.25) is 0 Å². The fraction of sp³-hybridized carbons (Fsp3) is 0.571. The summed E-state index contributed by atoms with van der Waals surface area (Å²) < 4.78 is 24.3. The summed E-state index contributed by atoms with van der Waals surface area (Å²) in [4.78, 5) is 0. The molecule has 0 amide bonds. The lowest BCUT2D eigenvalue weighted by molar-refractivity contribution is 0.518. The molecular weight excluding hydrogens is 249 g/mol. The molecule has 2 nitrogen and oxygen atoms in total. The molecule has 0 radical (unpaired) electrons. The summed E-state index contributed by atoms with van der Waals surface area (Å²) in [7, 11) is -0.751. The lowest BCUT2D eigenvalue weighted by Crippen LogP contribution is -2.24. The number of aryl methyl sites for hydroxylation is 1. The maximum absolute atomic E-state index is 13.1. The minimum atomic E-state index is -0.751. The fourth-order valence-electron chi connectivity index (χ4n) is 2.42. The highest BCUT2D eigenvalue weighted by Crippen LogP contribution is 2.31.